The van der Waals surface area contributed by atoms with Gasteiger partial charge in [0.2, 0.25) is 0 Å². The van der Waals surface area contributed by atoms with Crippen molar-refractivity contribution in [2.45, 2.75) is 39.5 Å². The molecule has 2 aromatic rings. The highest BCUT2D eigenvalue weighted by Gasteiger charge is 2.34. The molecule has 116 valence electrons. The lowest BCUT2D eigenvalue weighted by Crippen LogP contribution is -2.07. The van der Waals surface area contributed by atoms with E-state index in [9.17, 15) is 13.2 Å². The van der Waals surface area contributed by atoms with Gasteiger partial charge in [0.25, 0.3) is 0 Å². The van der Waals surface area contributed by atoms with Crippen LogP contribution in [-0.2, 0) is 19.8 Å². The molecule has 0 aliphatic rings. The SMILES string of the molecule is Cc1nn(C(C)C)cc1NCc1cc(C(F)(F)F)nn1C. The number of hydrogen-bond acceptors (Lipinski definition) is 3. The van der Waals surface area contributed by atoms with E-state index in [1.165, 1.54) is 11.7 Å². The van der Waals surface area contributed by atoms with Gasteiger partial charge >= 0.3 is 6.18 Å². The second kappa shape index (κ2) is 5.42. The van der Waals surface area contributed by atoms with Crippen LogP contribution in [0.5, 0.6) is 0 Å². The Balaban J connectivity index is 2.12. The molecular formula is C13H18F3N5. The van der Waals surface area contributed by atoms with E-state index >= 15 is 0 Å². The molecule has 0 aliphatic heterocycles. The molecule has 0 saturated heterocycles. The van der Waals surface area contributed by atoms with Gasteiger partial charge in [0.15, 0.2) is 5.69 Å². The van der Waals surface area contributed by atoms with Crippen molar-refractivity contribution in [3.8, 4) is 0 Å². The lowest BCUT2D eigenvalue weighted by atomic mass is 10.3. The van der Waals surface area contributed by atoms with Crippen molar-refractivity contribution in [2.24, 2.45) is 7.05 Å². The molecule has 8 heteroatoms. The summed E-state index contributed by atoms with van der Waals surface area (Å²) < 4.78 is 40.8. The predicted octanol–water partition coefficient (Wildman–Crippen LogP) is 3.14. The highest BCUT2D eigenvalue weighted by Crippen LogP contribution is 2.28. The Morgan fingerprint density at radius 1 is 1.29 bits per heavy atom. The van der Waals surface area contributed by atoms with Gasteiger partial charge in [0.05, 0.1) is 23.6 Å². The van der Waals surface area contributed by atoms with E-state index in [0.717, 1.165) is 17.4 Å². The second-order valence-electron chi connectivity index (χ2n) is 5.20. The van der Waals surface area contributed by atoms with E-state index in [1.54, 1.807) is 0 Å². The summed E-state index contributed by atoms with van der Waals surface area (Å²) in [4.78, 5) is 0. The Kier molecular flexibility index (Phi) is 3.97. The lowest BCUT2D eigenvalue weighted by molar-refractivity contribution is -0.141. The maximum absolute atomic E-state index is 12.6. The molecule has 0 atom stereocenters. The number of anilines is 1. The fourth-order valence-corrected chi connectivity index (χ4v) is 1.92. The van der Waals surface area contributed by atoms with E-state index < -0.39 is 11.9 Å². The maximum atomic E-state index is 12.6. The number of aryl methyl sites for hydroxylation is 2. The summed E-state index contributed by atoms with van der Waals surface area (Å²) in [6.07, 6.45) is -2.57. The number of aromatic nitrogens is 4. The summed E-state index contributed by atoms with van der Waals surface area (Å²) >= 11 is 0. The molecule has 0 radical (unpaired) electrons. The molecule has 0 amide bonds. The highest BCUT2D eigenvalue weighted by atomic mass is 19.4. The van der Waals surface area contributed by atoms with Crippen LogP contribution in [0.25, 0.3) is 0 Å². The molecule has 2 heterocycles. The third-order valence-corrected chi connectivity index (χ3v) is 3.17. The van der Waals surface area contributed by atoms with Gasteiger partial charge in [-0.1, -0.05) is 0 Å². The van der Waals surface area contributed by atoms with Gasteiger partial charge in [-0.05, 0) is 26.8 Å². The Labute approximate surface area is 120 Å². The molecule has 0 unspecified atom stereocenters. The molecule has 5 nitrogen and oxygen atoms in total. The van der Waals surface area contributed by atoms with E-state index in [4.69, 9.17) is 0 Å². The van der Waals surface area contributed by atoms with Gasteiger partial charge in [-0.25, -0.2) is 0 Å². The minimum Gasteiger partial charge on any atom is -0.377 e. The molecule has 0 spiro atoms. The Morgan fingerprint density at radius 2 is 1.95 bits per heavy atom. The summed E-state index contributed by atoms with van der Waals surface area (Å²) in [6, 6.07) is 1.28. The van der Waals surface area contributed by atoms with Gasteiger partial charge in [-0.15, -0.1) is 0 Å². The molecule has 2 aromatic heterocycles. The van der Waals surface area contributed by atoms with E-state index in [-0.39, 0.29) is 12.6 Å². The zero-order valence-corrected chi connectivity index (χ0v) is 12.4. The normalized spacial score (nSPS) is 12.2. The summed E-state index contributed by atoms with van der Waals surface area (Å²) in [5.74, 6) is 0. The van der Waals surface area contributed by atoms with Gasteiger partial charge in [-0.3, -0.25) is 9.36 Å². The quantitative estimate of drug-likeness (QED) is 0.943. The van der Waals surface area contributed by atoms with Crippen molar-refractivity contribution in [3.63, 3.8) is 0 Å². The van der Waals surface area contributed by atoms with E-state index in [0.29, 0.717) is 5.69 Å². The van der Waals surface area contributed by atoms with Gasteiger partial charge in [0, 0.05) is 19.3 Å². The van der Waals surface area contributed by atoms with Crippen LogP contribution in [-0.4, -0.2) is 19.6 Å². The summed E-state index contributed by atoms with van der Waals surface area (Å²) in [5.41, 5.74) is 1.19. The van der Waals surface area contributed by atoms with Gasteiger partial charge in [-0.2, -0.15) is 23.4 Å². The van der Waals surface area contributed by atoms with Crippen molar-refractivity contribution < 1.29 is 13.2 Å². The number of nitrogens with one attached hydrogen (secondary N) is 1. The number of halogens is 3. The molecule has 0 saturated carbocycles. The molecular weight excluding hydrogens is 283 g/mol. The van der Waals surface area contributed by atoms with Crippen molar-refractivity contribution >= 4 is 5.69 Å². The van der Waals surface area contributed by atoms with Crippen LogP contribution in [0, 0.1) is 6.92 Å². The van der Waals surface area contributed by atoms with Crippen LogP contribution in [0.2, 0.25) is 0 Å². The monoisotopic (exact) mass is 301 g/mol. The zero-order chi connectivity index (χ0) is 15.8. The minimum absolute atomic E-state index is 0.229. The van der Waals surface area contributed by atoms with Crippen molar-refractivity contribution in [1.29, 1.82) is 0 Å². The highest BCUT2D eigenvalue weighted by molar-refractivity contribution is 5.46. The van der Waals surface area contributed by atoms with Gasteiger partial charge < -0.3 is 5.32 Å². The molecule has 0 aromatic carbocycles. The first-order valence-electron chi connectivity index (χ1n) is 6.58. The third-order valence-electron chi connectivity index (χ3n) is 3.17. The van der Waals surface area contributed by atoms with E-state index in [1.807, 2.05) is 31.6 Å². The molecule has 0 bridgehead atoms. The Hall–Kier alpha value is -1.99. The van der Waals surface area contributed by atoms with Crippen molar-refractivity contribution in [2.75, 3.05) is 5.32 Å². The predicted molar refractivity (Wildman–Crippen MR) is 72.9 cm³/mol. The van der Waals surface area contributed by atoms with Crippen LogP contribution in [0.15, 0.2) is 12.3 Å². The molecule has 0 fully saturated rings. The van der Waals surface area contributed by atoms with Crippen molar-refractivity contribution in [1.82, 2.24) is 19.6 Å². The van der Waals surface area contributed by atoms with Crippen LogP contribution < -0.4 is 5.32 Å². The Morgan fingerprint density at radius 3 is 2.43 bits per heavy atom. The van der Waals surface area contributed by atoms with Crippen LogP contribution in [0.4, 0.5) is 18.9 Å². The summed E-state index contributed by atoms with van der Waals surface area (Å²) in [6.45, 7) is 6.12. The lowest BCUT2D eigenvalue weighted by Gasteiger charge is -2.05. The average Bonchev–Trinajstić information content (AvgIpc) is 2.90. The third kappa shape index (κ3) is 3.37. The molecule has 21 heavy (non-hydrogen) atoms. The van der Waals surface area contributed by atoms with Gasteiger partial charge in [0.1, 0.15) is 0 Å². The smallest absolute Gasteiger partial charge is 0.377 e. The fourth-order valence-electron chi connectivity index (χ4n) is 1.92. The van der Waals surface area contributed by atoms with Crippen molar-refractivity contribution in [3.05, 3.63) is 29.3 Å². The van der Waals surface area contributed by atoms with E-state index in [2.05, 4.69) is 15.5 Å². The first kappa shape index (κ1) is 15.4. The van der Waals surface area contributed by atoms with Crippen LogP contribution >= 0.6 is 0 Å². The molecule has 0 aliphatic carbocycles. The fraction of sp³-hybridized carbons (Fsp3) is 0.538. The summed E-state index contributed by atoms with van der Waals surface area (Å²) in [7, 11) is 1.50. The largest absolute Gasteiger partial charge is 0.435 e. The average molecular weight is 301 g/mol. The topological polar surface area (TPSA) is 47.7 Å². The first-order valence-corrected chi connectivity index (χ1v) is 6.58. The molecule has 2 rings (SSSR count). The standard InChI is InChI=1S/C13H18F3N5/c1-8(2)21-7-11(9(3)18-21)17-6-10-5-12(13(14,15)16)19-20(10)4/h5,7-8,17H,6H2,1-4H3. The first-order chi connectivity index (χ1) is 9.68. The van der Waals surface area contributed by atoms with Crippen LogP contribution in [0.1, 0.15) is 37.0 Å². The maximum Gasteiger partial charge on any atom is 0.435 e. The Bertz CT molecular complexity index is 624. The second-order valence-corrected chi connectivity index (χ2v) is 5.20. The number of alkyl halides is 3. The molecule has 1 N–H and O–H groups in total. The number of nitrogens with zero attached hydrogens (tertiary/aromatic N) is 4. The number of hydrogen-bond donors (Lipinski definition) is 1. The van der Waals surface area contributed by atoms with Crippen LogP contribution in [0.3, 0.4) is 0 Å². The minimum atomic E-state index is -4.42. The number of rotatable bonds is 4. The zero-order valence-electron chi connectivity index (χ0n) is 12.4. The summed E-state index contributed by atoms with van der Waals surface area (Å²) in [5, 5.41) is 10.9.